The van der Waals surface area contributed by atoms with Crippen molar-refractivity contribution in [1.82, 2.24) is 4.90 Å². The third kappa shape index (κ3) is 1.52. The van der Waals surface area contributed by atoms with Crippen LogP contribution in [-0.4, -0.2) is 41.0 Å². The molecule has 1 aliphatic heterocycles. The lowest BCUT2D eigenvalue weighted by molar-refractivity contribution is -0.170. The summed E-state index contributed by atoms with van der Waals surface area (Å²) in [5, 5.41) is 8.56. The van der Waals surface area contributed by atoms with E-state index in [2.05, 4.69) is 0 Å². The van der Waals surface area contributed by atoms with Crippen LogP contribution >= 0.6 is 0 Å². The molecule has 3 nitrogen and oxygen atoms in total. The molecule has 0 radical (unpaired) electrons. The van der Waals surface area contributed by atoms with Crippen molar-refractivity contribution >= 4 is 5.97 Å². The Balaban J connectivity index is 1.74. The first-order valence-corrected chi connectivity index (χ1v) is 4.33. The molecule has 0 unspecified atom stereocenters. The molecule has 74 valence electrons. The molecule has 0 aromatic carbocycles. The third-order valence-corrected chi connectivity index (χ3v) is 2.85. The maximum absolute atomic E-state index is 12.4. The Morgan fingerprint density at radius 1 is 1.38 bits per heavy atom. The van der Waals surface area contributed by atoms with Crippen LogP contribution in [-0.2, 0) is 4.79 Å². The molecule has 1 N–H and O–H groups in total. The Morgan fingerprint density at radius 3 is 2.31 bits per heavy atom. The van der Waals surface area contributed by atoms with E-state index in [9.17, 15) is 13.6 Å². The van der Waals surface area contributed by atoms with Gasteiger partial charge >= 0.3 is 5.97 Å². The first-order chi connectivity index (χ1) is 5.98. The van der Waals surface area contributed by atoms with Gasteiger partial charge in [0.1, 0.15) is 0 Å². The fourth-order valence-corrected chi connectivity index (χ4v) is 1.89. The summed E-state index contributed by atoms with van der Waals surface area (Å²) in [7, 11) is 0. The minimum atomic E-state index is -2.53. The van der Waals surface area contributed by atoms with Crippen LogP contribution in [0, 0.1) is 5.92 Å². The minimum Gasteiger partial charge on any atom is -0.481 e. The Bertz CT molecular complexity index is 230. The lowest BCUT2D eigenvalue weighted by Gasteiger charge is -2.49. The van der Waals surface area contributed by atoms with Crippen LogP contribution in [0.25, 0.3) is 0 Å². The van der Waals surface area contributed by atoms with Crippen LogP contribution in [0.2, 0.25) is 0 Å². The van der Waals surface area contributed by atoms with Crippen molar-refractivity contribution in [3.05, 3.63) is 0 Å². The minimum absolute atomic E-state index is 0.0840. The Kier molecular flexibility index (Phi) is 1.80. The van der Waals surface area contributed by atoms with Gasteiger partial charge in [-0.15, -0.1) is 0 Å². The fourth-order valence-electron chi connectivity index (χ4n) is 1.89. The average molecular weight is 191 g/mol. The van der Waals surface area contributed by atoms with E-state index >= 15 is 0 Å². The largest absolute Gasteiger partial charge is 0.481 e. The predicted molar refractivity (Wildman–Crippen MR) is 40.7 cm³/mol. The average Bonchev–Trinajstić information content (AvgIpc) is 1.78. The van der Waals surface area contributed by atoms with E-state index in [1.54, 1.807) is 4.90 Å². The van der Waals surface area contributed by atoms with Crippen molar-refractivity contribution in [2.75, 3.05) is 13.1 Å². The number of hydrogen-bond acceptors (Lipinski definition) is 2. The van der Waals surface area contributed by atoms with Crippen molar-refractivity contribution in [2.45, 2.75) is 24.8 Å². The SMILES string of the molecule is O=C(O)C1CC(N2CC(F)(F)C2)C1. The van der Waals surface area contributed by atoms with E-state index in [1.165, 1.54) is 0 Å². The predicted octanol–water partition coefficient (Wildman–Crippen LogP) is 0.801. The first-order valence-electron chi connectivity index (χ1n) is 4.33. The van der Waals surface area contributed by atoms with Crippen LogP contribution in [0.1, 0.15) is 12.8 Å². The normalized spacial score (nSPS) is 37.7. The highest BCUT2D eigenvalue weighted by Gasteiger charge is 2.50. The topological polar surface area (TPSA) is 40.5 Å². The summed E-state index contributed by atoms with van der Waals surface area (Å²) < 4.78 is 24.8. The van der Waals surface area contributed by atoms with Gasteiger partial charge in [0.2, 0.25) is 0 Å². The monoisotopic (exact) mass is 191 g/mol. The van der Waals surface area contributed by atoms with E-state index in [0.717, 1.165) is 0 Å². The van der Waals surface area contributed by atoms with E-state index < -0.39 is 11.9 Å². The summed E-state index contributed by atoms with van der Waals surface area (Å²) in [5.41, 5.74) is 0. The van der Waals surface area contributed by atoms with Crippen molar-refractivity contribution < 1.29 is 18.7 Å². The number of aliphatic carboxylic acids is 1. The van der Waals surface area contributed by atoms with Gasteiger partial charge in [-0.2, -0.15) is 0 Å². The second-order valence-electron chi connectivity index (χ2n) is 3.92. The molecule has 2 rings (SSSR count). The number of hydrogen-bond donors (Lipinski definition) is 1. The summed E-state index contributed by atoms with van der Waals surface area (Å²) in [6.45, 7) is -0.381. The molecule has 5 heteroatoms. The molecular weight excluding hydrogens is 180 g/mol. The molecule has 0 bridgehead atoms. The molecule has 1 aliphatic carbocycles. The summed E-state index contributed by atoms with van der Waals surface area (Å²) in [4.78, 5) is 12.1. The Morgan fingerprint density at radius 2 is 1.92 bits per heavy atom. The molecule has 0 aromatic heterocycles. The molecule has 13 heavy (non-hydrogen) atoms. The second kappa shape index (κ2) is 2.64. The van der Waals surface area contributed by atoms with Gasteiger partial charge < -0.3 is 5.11 Å². The highest BCUT2D eigenvalue weighted by Crippen LogP contribution is 2.38. The van der Waals surface area contributed by atoms with Gasteiger partial charge in [0.05, 0.1) is 19.0 Å². The van der Waals surface area contributed by atoms with Crippen LogP contribution in [0.3, 0.4) is 0 Å². The quantitative estimate of drug-likeness (QED) is 0.701. The molecule has 0 atom stereocenters. The molecule has 0 amide bonds. The van der Waals surface area contributed by atoms with Crippen LogP contribution in [0.4, 0.5) is 8.78 Å². The van der Waals surface area contributed by atoms with E-state index in [1.807, 2.05) is 0 Å². The lowest BCUT2D eigenvalue weighted by Crippen LogP contribution is -2.63. The molecule has 1 saturated heterocycles. The zero-order chi connectivity index (χ0) is 9.64. The number of carboxylic acid groups (broad SMARTS) is 1. The molecule has 2 fully saturated rings. The summed E-state index contributed by atoms with van der Waals surface area (Å²) in [6, 6.07) is 0.0840. The van der Waals surface area contributed by atoms with E-state index in [-0.39, 0.29) is 25.0 Å². The number of likely N-dealkylation sites (tertiary alicyclic amines) is 1. The van der Waals surface area contributed by atoms with Gasteiger partial charge in [-0.1, -0.05) is 0 Å². The van der Waals surface area contributed by atoms with Crippen molar-refractivity contribution in [3.63, 3.8) is 0 Å². The molecule has 1 heterocycles. The standard InChI is InChI=1S/C8H11F2NO2/c9-8(10)3-11(4-8)6-1-5(2-6)7(12)13/h5-6H,1-4H2,(H,12,13). The zero-order valence-corrected chi connectivity index (χ0v) is 7.04. The summed E-state index contributed by atoms with van der Waals surface area (Å²) in [5.74, 6) is -3.64. The van der Waals surface area contributed by atoms with Gasteiger partial charge in [-0.3, -0.25) is 9.69 Å². The third-order valence-electron chi connectivity index (χ3n) is 2.85. The Labute approximate surface area is 74.3 Å². The fraction of sp³-hybridized carbons (Fsp3) is 0.875. The highest BCUT2D eigenvalue weighted by atomic mass is 19.3. The molecular formula is C8H11F2NO2. The first kappa shape index (κ1) is 8.87. The van der Waals surface area contributed by atoms with Crippen LogP contribution in [0.15, 0.2) is 0 Å². The number of carboxylic acids is 1. The molecule has 0 aromatic rings. The summed E-state index contributed by atoms with van der Waals surface area (Å²) >= 11 is 0. The van der Waals surface area contributed by atoms with Gasteiger partial charge in [-0.05, 0) is 12.8 Å². The van der Waals surface area contributed by atoms with E-state index in [0.29, 0.717) is 12.8 Å². The lowest BCUT2D eigenvalue weighted by atomic mass is 9.78. The van der Waals surface area contributed by atoms with Crippen LogP contribution in [0.5, 0.6) is 0 Å². The maximum Gasteiger partial charge on any atom is 0.306 e. The number of alkyl halides is 2. The van der Waals surface area contributed by atoms with Crippen molar-refractivity contribution in [2.24, 2.45) is 5.92 Å². The Hall–Kier alpha value is -0.710. The van der Waals surface area contributed by atoms with Crippen molar-refractivity contribution in [1.29, 1.82) is 0 Å². The number of nitrogens with zero attached hydrogens (tertiary/aromatic N) is 1. The van der Waals surface area contributed by atoms with E-state index in [4.69, 9.17) is 5.11 Å². The van der Waals surface area contributed by atoms with Crippen molar-refractivity contribution in [3.8, 4) is 0 Å². The smallest absolute Gasteiger partial charge is 0.306 e. The number of carbonyl (C=O) groups is 1. The number of halogens is 2. The maximum atomic E-state index is 12.4. The molecule has 2 aliphatic rings. The van der Waals surface area contributed by atoms with Gasteiger partial charge in [-0.25, -0.2) is 8.78 Å². The van der Waals surface area contributed by atoms with Gasteiger partial charge in [0.15, 0.2) is 0 Å². The molecule has 1 saturated carbocycles. The zero-order valence-electron chi connectivity index (χ0n) is 7.04. The van der Waals surface area contributed by atoms with Gasteiger partial charge in [0, 0.05) is 6.04 Å². The highest BCUT2D eigenvalue weighted by molar-refractivity contribution is 5.71. The summed E-state index contributed by atoms with van der Waals surface area (Å²) in [6.07, 6.45) is 1.07. The second-order valence-corrected chi connectivity index (χ2v) is 3.92. The van der Waals surface area contributed by atoms with Crippen LogP contribution < -0.4 is 0 Å². The molecule has 0 spiro atoms. The van der Waals surface area contributed by atoms with Gasteiger partial charge in [0.25, 0.3) is 5.92 Å². The number of rotatable bonds is 2.